The molecule has 90 valence electrons. The summed E-state index contributed by atoms with van der Waals surface area (Å²) in [5.41, 5.74) is 1.10. The van der Waals surface area contributed by atoms with E-state index in [-0.39, 0.29) is 5.97 Å². The molecule has 0 unspecified atom stereocenters. The summed E-state index contributed by atoms with van der Waals surface area (Å²) in [6.07, 6.45) is 3.45. The second-order valence-corrected chi connectivity index (χ2v) is 4.76. The zero-order chi connectivity index (χ0) is 12.1. The quantitative estimate of drug-likeness (QED) is 0.529. The summed E-state index contributed by atoms with van der Waals surface area (Å²) in [7, 11) is 0. The van der Waals surface area contributed by atoms with E-state index >= 15 is 0 Å². The van der Waals surface area contributed by atoms with Gasteiger partial charge in [0, 0.05) is 6.54 Å². The van der Waals surface area contributed by atoms with E-state index in [1.54, 1.807) is 6.07 Å². The summed E-state index contributed by atoms with van der Waals surface area (Å²) in [4.78, 5) is 11.7. The number of hydrogen-bond donors (Lipinski definition) is 1. The van der Waals surface area contributed by atoms with Gasteiger partial charge in [0.2, 0.25) is 0 Å². The molecule has 0 radical (unpaired) electrons. The maximum atomic E-state index is 11.7. The molecule has 0 saturated heterocycles. The zero-order valence-electron chi connectivity index (χ0n) is 9.41. The molecule has 0 aromatic heterocycles. The van der Waals surface area contributed by atoms with Crippen LogP contribution in [0.25, 0.3) is 0 Å². The summed E-state index contributed by atoms with van der Waals surface area (Å²) < 4.78 is 6.09. The Bertz CT molecular complexity index is 443. The molecule has 1 aliphatic heterocycles. The van der Waals surface area contributed by atoms with Crippen molar-refractivity contribution in [3.63, 3.8) is 0 Å². The Morgan fingerprint density at radius 3 is 2.94 bits per heavy atom. The van der Waals surface area contributed by atoms with Gasteiger partial charge in [-0.25, -0.2) is 0 Å². The van der Waals surface area contributed by atoms with Gasteiger partial charge in [0.1, 0.15) is 5.75 Å². The number of benzene rings is 1. The minimum atomic E-state index is -0.216. The monoisotopic (exact) mass is 295 g/mol. The van der Waals surface area contributed by atoms with E-state index in [4.69, 9.17) is 4.74 Å². The van der Waals surface area contributed by atoms with Crippen molar-refractivity contribution in [2.75, 3.05) is 13.1 Å². The van der Waals surface area contributed by atoms with E-state index < -0.39 is 0 Å². The van der Waals surface area contributed by atoms with Gasteiger partial charge in [-0.1, -0.05) is 18.2 Å². The number of ether oxygens (including phenoxy) is 1. The van der Waals surface area contributed by atoms with Crippen LogP contribution in [-0.4, -0.2) is 19.1 Å². The number of rotatable bonds is 3. The van der Waals surface area contributed by atoms with Crippen LogP contribution in [0, 0.1) is 0 Å². The normalized spacial score (nSPS) is 15.2. The molecule has 1 aliphatic rings. The first-order chi connectivity index (χ1) is 8.25. The summed E-state index contributed by atoms with van der Waals surface area (Å²) in [6.45, 7) is 1.77. The van der Waals surface area contributed by atoms with Gasteiger partial charge in [-0.3, -0.25) is 4.79 Å². The molecule has 0 aliphatic carbocycles. The molecule has 1 heterocycles. The SMILES string of the molecule is O=C(CC1=CCCNC1)Oc1ccccc1Br. The van der Waals surface area contributed by atoms with Crippen LogP contribution in [0.5, 0.6) is 5.75 Å². The van der Waals surface area contributed by atoms with Crippen molar-refractivity contribution in [1.82, 2.24) is 5.32 Å². The molecule has 0 fully saturated rings. The fourth-order valence-corrected chi connectivity index (χ4v) is 2.07. The molecule has 4 heteroatoms. The number of halogens is 1. The van der Waals surface area contributed by atoms with Crippen molar-refractivity contribution in [3.8, 4) is 5.75 Å². The van der Waals surface area contributed by atoms with E-state index in [1.165, 1.54) is 0 Å². The number of esters is 1. The van der Waals surface area contributed by atoms with Crippen LogP contribution in [0.3, 0.4) is 0 Å². The first-order valence-electron chi connectivity index (χ1n) is 5.59. The molecule has 0 amide bonds. The number of carbonyl (C=O) groups excluding carboxylic acids is 1. The van der Waals surface area contributed by atoms with E-state index in [1.807, 2.05) is 18.2 Å². The maximum Gasteiger partial charge on any atom is 0.315 e. The number of para-hydroxylation sites is 1. The van der Waals surface area contributed by atoms with Crippen molar-refractivity contribution in [2.24, 2.45) is 0 Å². The molecule has 0 atom stereocenters. The van der Waals surface area contributed by atoms with Crippen LogP contribution in [0.2, 0.25) is 0 Å². The summed E-state index contributed by atoms with van der Waals surface area (Å²) in [5.74, 6) is 0.355. The molecule has 17 heavy (non-hydrogen) atoms. The van der Waals surface area contributed by atoms with E-state index in [9.17, 15) is 4.79 Å². The zero-order valence-corrected chi connectivity index (χ0v) is 11.0. The Kier molecular flexibility index (Phi) is 4.34. The Morgan fingerprint density at radius 2 is 2.24 bits per heavy atom. The predicted molar refractivity (Wildman–Crippen MR) is 70.0 cm³/mol. The predicted octanol–water partition coefficient (Wildman–Crippen LogP) is 2.66. The van der Waals surface area contributed by atoms with E-state index in [2.05, 4.69) is 27.3 Å². The summed E-state index contributed by atoms with van der Waals surface area (Å²) in [6, 6.07) is 7.35. The highest BCUT2D eigenvalue weighted by Gasteiger charge is 2.11. The largest absolute Gasteiger partial charge is 0.425 e. The molecule has 0 spiro atoms. The standard InChI is InChI=1S/C13H14BrNO2/c14-11-5-1-2-6-12(11)17-13(16)8-10-4-3-7-15-9-10/h1-2,4-6,15H,3,7-9H2. The van der Waals surface area contributed by atoms with E-state index in [0.717, 1.165) is 29.6 Å². The fourth-order valence-electron chi connectivity index (χ4n) is 1.71. The Labute approximate surface area is 109 Å². The summed E-state index contributed by atoms with van der Waals surface area (Å²) in [5, 5.41) is 3.23. The van der Waals surface area contributed by atoms with Crippen molar-refractivity contribution in [3.05, 3.63) is 40.4 Å². The molecule has 0 bridgehead atoms. The van der Waals surface area contributed by atoms with Crippen molar-refractivity contribution >= 4 is 21.9 Å². The third-order valence-corrected chi connectivity index (χ3v) is 3.19. The lowest BCUT2D eigenvalue weighted by molar-refractivity contribution is -0.133. The first-order valence-corrected chi connectivity index (χ1v) is 6.39. The highest BCUT2D eigenvalue weighted by atomic mass is 79.9. The van der Waals surface area contributed by atoms with Gasteiger partial charge in [-0.2, -0.15) is 0 Å². The minimum Gasteiger partial charge on any atom is -0.425 e. The van der Waals surface area contributed by atoms with Crippen LogP contribution in [-0.2, 0) is 4.79 Å². The third kappa shape index (κ3) is 3.68. The average molecular weight is 296 g/mol. The molecule has 1 aromatic carbocycles. The van der Waals surface area contributed by atoms with Gasteiger partial charge in [-0.05, 0) is 46.6 Å². The maximum absolute atomic E-state index is 11.7. The second kappa shape index (κ2) is 5.98. The highest BCUT2D eigenvalue weighted by molar-refractivity contribution is 9.10. The Hall–Kier alpha value is -1.13. The summed E-state index contributed by atoms with van der Waals surface area (Å²) >= 11 is 3.35. The molecule has 1 aromatic rings. The number of nitrogens with one attached hydrogen (secondary N) is 1. The lowest BCUT2D eigenvalue weighted by Gasteiger charge is -2.13. The number of hydrogen-bond acceptors (Lipinski definition) is 3. The smallest absolute Gasteiger partial charge is 0.315 e. The second-order valence-electron chi connectivity index (χ2n) is 3.91. The van der Waals surface area contributed by atoms with Crippen LogP contribution in [0.15, 0.2) is 40.4 Å². The minimum absolute atomic E-state index is 0.216. The van der Waals surface area contributed by atoms with Gasteiger partial charge in [0.05, 0.1) is 10.9 Å². The van der Waals surface area contributed by atoms with Crippen molar-refractivity contribution < 1.29 is 9.53 Å². The van der Waals surface area contributed by atoms with Gasteiger partial charge >= 0.3 is 5.97 Å². The first kappa shape index (κ1) is 12.3. The molecular weight excluding hydrogens is 282 g/mol. The van der Waals surface area contributed by atoms with Crippen molar-refractivity contribution in [1.29, 1.82) is 0 Å². The highest BCUT2D eigenvalue weighted by Crippen LogP contribution is 2.24. The number of carbonyl (C=O) groups is 1. The van der Waals surface area contributed by atoms with Gasteiger partial charge < -0.3 is 10.1 Å². The Balaban J connectivity index is 1.93. The lowest BCUT2D eigenvalue weighted by Crippen LogP contribution is -2.24. The molecule has 2 rings (SSSR count). The average Bonchev–Trinajstić information content (AvgIpc) is 2.33. The molecular formula is C13H14BrNO2. The molecule has 3 nitrogen and oxygen atoms in total. The van der Waals surface area contributed by atoms with E-state index in [0.29, 0.717) is 12.2 Å². The topological polar surface area (TPSA) is 38.3 Å². The van der Waals surface area contributed by atoms with Crippen LogP contribution in [0.4, 0.5) is 0 Å². The van der Waals surface area contributed by atoms with Crippen LogP contribution >= 0.6 is 15.9 Å². The van der Waals surface area contributed by atoms with Crippen LogP contribution in [0.1, 0.15) is 12.8 Å². The molecule has 0 saturated carbocycles. The molecule has 1 N–H and O–H groups in total. The van der Waals surface area contributed by atoms with Gasteiger partial charge in [0.15, 0.2) is 0 Å². The van der Waals surface area contributed by atoms with Crippen molar-refractivity contribution in [2.45, 2.75) is 12.8 Å². The van der Waals surface area contributed by atoms with Gasteiger partial charge in [0.25, 0.3) is 0 Å². The van der Waals surface area contributed by atoms with Gasteiger partial charge in [-0.15, -0.1) is 0 Å². The third-order valence-electron chi connectivity index (χ3n) is 2.54. The lowest BCUT2D eigenvalue weighted by atomic mass is 10.1. The van der Waals surface area contributed by atoms with Crippen LogP contribution < -0.4 is 10.1 Å². The fraction of sp³-hybridized carbons (Fsp3) is 0.308. The Morgan fingerprint density at radius 1 is 1.41 bits per heavy atom.